The lowest BCUT2D eigenvalue weighted by Crippen LogP contribution is -2.26. The van der Waals surface area contributed by atoms with Gasteiger partial charge < -0.3 is 10.6 Å². The zero-order valence-electron chi connectivity index (χ0n) is 17.9. The smallest absolute Gasteiger partial charge is 0.255 e. The van der Waals surface area contributed by atoms with E-state index in [1.807, 2.05) is 96.5 Å². The van der Waals surface area contributed by atoms with Crippen molar-refractivity contribution in [1.29, 1.82) is 0 Å². The number of benzene rings is 2. The van der Waals surface area contributed by atoms with Crippen molar-refractivity contribution in [2.45, 2.75) is 0 Å². The van der Waals surface area contributed by atoms with Crippen LogP contribution in [-0.4, -0.2) is 11.8 Å². The summed E-state index contributed by atoms with van der Waals surface area (Å²) in [6.45, 7) is 0. The molecule has 2 aromatic carbocycles. The summed E-state index contributed by atoms with van der Waals surface area (Å²) in [5.74, 6) is -0.321. The molecular weight excluding hydrogens is 400 g/mol. The van der Waals surface area contributed by atoms with Gasteiger partial charge in [-0.1, -0.05) is 24.3 Å². The molecule has 0 radical (unpaired) electrons. The van der Waals surface area contributed by atoms with Crippen molar-refractivity contribution in [3.8, 4) is 11.1 Å². The number of nitrogens with zero attached hydrogens (tertiary/aromatic N) is 2. The molecule has 2 amide bonds. The Balaban J connectivity index is 1.41. The minimum atomic E-state index is -0.160. The van der Waals surface area contributed by atoms with Crippen molar-refractivity contribution < 1.29 is 18.7 Å². The second-order valence-corrected chi connectivity index (χ2v) is 7.57. The number of carbonyl (C=O) groups excluding carboxylic acids is 2. The number of hydrogen-bond donors (Lipinski definition) is 2. The van der Waals surface area contributed by atoms with Crippen LogP contribution in [-0.2, 0) is 14.1 Å². The van der Waals surface area contributed by atoms with Crippen LogP contribution >= 0.6 is 0 Å². The molecule has 32 heavy (non-hydrogen) atoms. The second kappa shape index (κ2) is 9.22. The maximum absolute atomic E-state index is 12.5. The largest absolute Gasteiger partial charge is 0.322 e. The van der Waals surface area contributed by atoms with E-state index in [2.05, 4.69) is 10.6 Å². The number of aromatic nitrogens is 2. The van der Waals surface area contributed by atoms with E-state index in [0.717, 1.165) is 22.5 Å². The molecule has 0 aliphatic rings. The van der Waals surface area contributed by atoms with Crippen molar-refractivity contribution in [3.63, 3.8) is 0 Å². The number of nitrogens with one attached hydrogen (secondary N) is 2. The van der Waals surface area contributed by atoms with E-state index in [-0.39, 0.29) is 11.8 Å². The molecule has 0 aliphatic carbocycles. The molecule has 4 rings (SSSR count). The number of aryl methyl sites for hydroxylation is 2. The Morgan fingerprint density at radius 3 is 1.16 bits per heavy atom. The first-order valence-corrected chi connectivity index (χ1v) is 10.2. The third kappa shape index (κ3) is 5.05. The highest BCUT2D eigenvalue weighted by Gasteiger charge is 2.10. The van der Waals surface area contributed by atoms with Gasteiger partial charge in [0.2, 0.25) is 0 Å². The molecule has 2 N–H and O–H groups in total. The van der Waals surface area contributed by atoms with Crippen LogP contribution < -0.4 is 19.8 Å². The lowest BCUT2D eigenvalue weighted by Gasteiger charge is -2.08. The third-order valence-electron chi connectivity index (χ3n) is 5.10. The van der Waals surface area contributed by atoms with Gasteiger partial charge in [-0.25, -0.2) is 9.13 Å². The highest BCUT2D eigenvalue weighted by Crippen LogP contribution is 2.21. The Labute approximate surface area is 186 Å². The summed E-state index contributed by atoms with van der Waals surface area (Å²) in [5, 5.41) is 5.78. The normalized spacial score (nSPS) is 10.4. The van der Waals surface area contributed by atoms with E-state index in [0.29, 0.717) is 11.1 Å². The van der Waals surface area contributed by atoms with Crippen LogP contribution in [0.1, 0.15) is 20.7 Å². The number of amides is 2. The predicted molar refractivity (Wildman–Crippen MR) is 123 cm³/mol. The number of anilines is 2. The summed E-state index contributed by atoms with van der Waals surface area (Å²) in [5.41, 5.74) is 4.58. The molecule has 6 heteroatoms. The first-order valence-electron chi connectivity index (χ1n) is 10.2. The van der Waals surface area contributed by atoms with Gasteiger partial charge in [-0.15, -0.1) is 0 Å². The predicted octanol–water partition coefficient (Wildman–Crippen LogP) is 3.51. The maximum Gasteiger partial charge on any atom is 0.255 e. The molecule has 0 saturated carbocycles. The molecule has 4 aromatic rings. The van der Waals surface area contributed by atoms with Crippen molar-refractivity contribution >= 4 is 23.2 Å². The Hall–Kier alpha value is -4.32. The molecule has 158 valence electrons. The van der Waals surface area contributed by atoms with E-state index in [1.54, 1.807) is 24.3 Å². The number of carbonyl (C=O) groups is 2. The summed E-state index contributed by atoms with van der Waals surface area (Å²) in [6.07, 6.45) is 7.51. The van der Waals surface area contributed by atoms with Gasteiger partial charge in [0.05, 0.1) is 11.4 Å². The average molecular weight is 425 g/mol. The SMILES string of the molecule is C[n+]1ccc(NC(=O)c2ccc(-c3ccc(C(=O)Nc4cc[n+](C)cc4)cc3)cc2)cc1. The number of pyridine rings is 2. The van der Waals surface area contributed by atoms with E-state index in [9.17, 15) is 9.59 Å². The van der Waals surface area contributed by atoms with Gasteiger partial charge in [-0.3, -0.25) is 9.59 Å². The Morgan fingerprint density at radius 1 is 0.531 bits per heavy atom. The van der Waals surface area contributed by atoms with Gasteiger partial charge in [-0.05, 0) is 35.4 Å². The van der Waals surface area contributed by atoms with E-state index < -0.39 is 0 Å². The van der Waals surface area contributed by atoms with E-state index in [4.69, 9.17) is 0 Å². The fourth-order valence-electron chi connectivity index (χ4n) is 3.20. The van der Waals surface area contributed by atoms with Crippen LogP contribution in [0.3, 0.4) is 0 Å². The first kappa shape index (κ1) is 20.9. The number of hydrogen-bond acceptors (Lipinski definition) is 2. The Kier molecular flexibility index (Phi) is 6.03. The maximum atomic E-state index is 12.5. The van der Waals surface area contributed by atoms with Crippen LogP contribution in [0.4, 0.5) is 11.4 Å². The van der Waals surface area contributed by atoms with E-state index >= 15 is 0 Å². The minimum Gasteiger partial charge on any atom is -0.322 e. The Bertz CT molecular complexity index is 1130. The van der Waals surface area contributed by atoms with E-state index in [1.165, 1.54) is 0 Å². The molecule has 0 atom stereocenters. The lowest BCUT2D eigenvalue weighted by atomic mass is 10.0. The van der Waals surface area contributed by atoms with Crippen LogP contribution in [0, 0.1) is 0 Å². The average Bonchev–Trinajstić information content (AvgIpc) is 2.82. The van der Waals surface area contributed by atoms with Gasteiger partial charge in [-0.2, -0.15) is 0 Å². The summed E-state index contributed by atoms with van der Waals surface area (Å²) >= 11 is 0. The second-order valence-electron chi connectivity index (χ2n) is 7.57. The fraction of sp³-hybridized carbons (Fsp3) is 0.0769. The van der Waals surface area contributed by atoms with Crippen LogP contribution in [0.5, 0.6) is 0 Å². The lowest BCUT2D eigenvalue weighted by molar-refractivity contribution is -0.671. The van der Waals surface area contributed by atoms with Crippen molar-refractivity contribution in [2.24, 2.45) is 14.1 Å². The van der Waals surface area contributed by atoms with Gasteiger partial charge >= 0.3 is 0 Å². The zero-order chi connectivity index (χ0) is 22.5. The molecule has 2 heterocycles. The minimum absolute atomic E-state index is 0.160. The Morgan fingerprint density at radius 2 is 0.844 bits per heavy atom. The highest BCUT2D eigenvalue weighted by molar-refractivity contribution is 6.05. The summed E-state index contributed by atoms with van der Waals surface area (Å²) in [4.78, 5) is 24.9. The quantitative estimate of drug-likeness (QED) is 0.482. The molecule has 0 spiro atoms. The van der Waals surface area contributed by atoms with Crippen LogP contribution in [0.15, 0.2) is 97.6 Å². The zero-order valence-corrected chi connectivity index (χ0v) is 17.9. The molecule has 0 aliphatic heterocycles. The fourth-order valence-corrected chi connectivity index (χ4v) is 3.20. The van der Waals surface area contributed by atoms with Gasteiger partial charge in [0.1, 0.15) is 14.1 Å². The van der Waals surface area contributed by atoms with Gasteiger partial charge in [0, 0.05) is 35.4 Å². The highest BCUT2D eigenvalue weighted by atomic mass is 16.2. The summed E-state index contributed by atoms with van der Waals surface area (Å²) in [6, 6.07) is 22.2. The molecular formula is C26H24N4O2+2. The van der Waals surface area contributed by atoms with Gasteiger partial charge in [0.25, 0.3) is 11.8 Å². The standard InChI is InChI=1S/C26H22N4O2/c1-29-15-11-23(12-16-29)27-25(31)21-7-3-19(4-8-21)20-5-9-22(10-6-20)26(32)28-24-13-17-30(2)18-14-24/h3-18H,1-2H3/p+2. The molecule has 6 nitrogen and oxygen atoms in total. The molecule has 2 aromatic heterocycles. The molecule has 0 fully saturated rings. The molecule has 0 unspecified atom stereocenters. The monoisotopic (exact) mass is 424 g/mol. The molecule has 0 saturated heterocycles. The van der Waals surface area contributed by atoms with Crippen LogP contribution in [0.25, 0.3) is 11.1 Å². The van der Waals surface area contributed by atoms with Crippen molar-refractivity contribution in [3.05, 3.63) is 109 Å². The molecule has 0 bridgehead atoms. The summed E-state index contributed by atoms with van der Waals surface area (Å²) < 4.78 is 3.81. The summed E-state index contributed by atoms with van der Waals surface area (Å²) in [7, 11) is 3.85. The topological polar surface area (TPSA) is 66.0 Å². The van der Waals surface area contributed by atoms with Crippen LogP contribution in [0.2, 0.25) is 0 Å². The first-order chi connectivity index (χ1) is 15.5. The van der Waals surface area contributed by atoms with Gasteiger partial charge in [0.15, 0.2) is 24.8 Å². The van der Waals surface area contributed by atoms with Crippen molar-refractivity contribution in [2.75, 3.05) is 10.6 Å². The van der Waals surface area contributed by atoms with Crippen molar-refractivity contribution in [1.82, 2.24) is 0 Å². The third-order valence-corrected chi connectivity index (χ3v) is 5.10. The number of rotatable bonds is 5.